The average molecular weight is 368 g/mol. The Labute approximate surface area is 146 Å². The summed E-state index contributed by atoms with van der Waals surface area (Å²) >= 11 is 1.25. The van der Waals surface area contributed by atoms with Gasteiger partial charge >= 0.3 is 12.2 Å². The minimum Gasteiger partial charge on any atom is -0.325 e. The largest absolute Gasteiger partial charge is 0.416 e. The van der Waals surface area contributed by atoms with Gasteiger partial charge in [0.25, 0.3) is 0 Å². The second-order valence-corrected chi connectivity index (χ2v) is 6.48. The van der Waals surface area contributed by atoms with Crippen LogP contribution in [-0.4, -0.2) is 29.1 Å². The van der Waals surface area contributed by atoms with E-state index in [0.29, 0.717) is 10.5 Å². The van der Waals surface area contributed by atoms with Crippen LogP contribution in [0.1, 0.15) is 16.9 Å². The molecular weight excluding hydrogens is 353 g/mol. The van der Waals surface area contributed by atoms with Crippen LogP contribution in [0.3, 0.4) is 0 Å². The summed E-state index contributed by atoms with van der Waals surface area (Å²) in [5, 5.41) is 8.56. The van der Waals surface area contributed by atoms with Crippen molar-refractivity contribution in [1.29, 1.82) is 5.26 Å². The van der Waals surface area contributed by atoms with Crippen LogP contribution in [0.5, 0.6) is 0 Å². The van der Waals surface area contributed by atoms with Gasteiger partial charge in [-0.3, -0.25) is 4.57 Å². The summed E-state index contributed by atoms with van der Waals surface area (Å²) in [6.45, 7) is 2.07. The molecule has 0 saturated heterocycles. The smallest absolute Gasteiger partial charge is 0.325 e. The number of alkyl halides is 3. The molecule has 25 heavy (non-hydrogen) atoms. The summed E-state index contributed by atoms with van der Waals surface area (Å²) in [6, 6.07) is 6.06. The Balaban J connectivity index is 2.37. The van der Waals surface area contributed by atoms with E-state index in [1.165, 1.54) is 35.4 Å². The first-order valence-electron chi connectivity index (χ1n) is 7.26. The van der Waals surface area contributed by atoms with E-state index in [0.717, 1.165) is 17.0 Å². The third kappa shape index (κ3) is 4.70. The van der Waals surface area contributed by atoms with Crippen LogP contribution in [-0.2, 0) is 6.18 Å². The Morgan fingerprint density at radius 1 is 1.36 bits per heavy atom. The molecule has 5 nitrogen and oxygen atoms in total. The van der Waals surface area contributed by atoms with Crippen LogP contribution < -0.4 is 4.80 Å². The number of aromatic nitrogens is 1. The molecule has 1 aromatic heterocycles. The molecule has 2 rings (SSSR count). The third-order valence-corrected chi connectivity index (χ3v) is 4.22. The van der Waals surface area contributed by atoms with Gasteiger partial charge in [-0.1, -0.05) is 0 Å². The van der Waals surface area contributed by atoms with E-state index >= 15 is 0 Å². The Morgan fingerprint density at radius 2 is 2.00 bits per heavy atom. The highest BCUT2D eigenvalue weighted by Crippen LogP contribution is 2.29. The second-order valence-electron chi connectivity index (χ2n) is 5.26. The first-order valence-corrected chi connectivity index (χ1v) is 8.07. The molecule has 0 saturated carbocycles. The molecule has 0 bridgehead atoms. The maximum atomic E-state index is 12.7. The fraction of sp³-hybridized carbons (Fsp3) is 0.312. The van der Waals surface area contributed by atoms with Crippen LogP contribution in [0.4, 0.5) is 18.0 Å². The normalized spacial score (nSPS) is 12.1. The topological polar surface area (TPSA) is 61.4 Å². The van der Waals surface area contributed by atoms with E-state index in [1.807, 2.05) is 13.0 Å². The second kappa shape index (κ2) is 7.53. The fourth-order valence-electron chi connectivity index (χ4n) is 2.01. The van der Waals surface area contributed by atoms with E-state index in [9.17, 15) is 18.0 Å². The zero-order valence-electron chi connectivity index (χ0n) is 13.5. The van der Waals surface area contributed by atoms with Crippen molar-refractivity contribution in [2.24, 2.45) is 4.99 Å². The van der Waals surface area contributed by atoms with Gasteiger partial charge in [-0.05, 0) is 31.2 Å². The molecule has 0 spiro atoms. The first kappa shape index (κ1) is 18.7. The molecule has 0 unspecified atom stereocenters. The molecule has 1 heterocycles. The van der Waals surface area contributed by atoms with Crippen LogP contribution in [0.2, 0.25) is 0 Å². The minimum atomic E-state index is -4.40. The number of nitrogens with zero attached hydrogens (tertiary/aromatic N) is 4. The monoisotopic (exact) mass is 368 g/mol. The Kier molecular flexibility index (Phi) is 5.64. The van der Waals surface area contributed by atoms with Gasteiger partial charge in [-0.15, -0.1) is 11.3 Å². The lowest BCUT2D eigenvalue weighted by Crippen LogP contribution is -2.27. The number of carbonyl (C=O) groups is 1. The Bertz CT molecular complexity index is 859. The standard InChI is InChI=1S/C16H15F3N4OS/c1-11-10-23(13-6-4-12(5-7-13)16(17,18)19)15(25-11)21-14(24)22(2)9-3-8-20/h4-7,10H,3,9H2,1-2H3/b21-15-. The van der Waals surface area contributed by atoms with Crippen LogP contribution in [0.15, 0.2) is 35.5 Å². The lowest BCUT2D eigenvalue weighted by atomic mass is 10.2. The predicted molar refractivity (Wildman–Crippen MR) is 87.2 cm³/mol. The zero-order chi connectivity index (χ0) is 18.6. The molecular formula is C16H15F3N4OS. The van der Waals surface area contributed by atoms with Crippen LogP contribution >= 0.6 is 11.3 Å². The SMILES string of the molecule is Cc1cn(-c2ccc(C(F)(F)F)cc2)/c(=N/C(=O)N(C)CCC#N)s1. The number of amides is 2. The molecule has 9 heteroatoms. The lowest BCUT2D eigenvalue weighted by Gasteiger charge is -2.11. The molecule has 0 radical (unpaired) electrons. The Morgan fingerprint density at radius 3 is 2.56 bits per heavy atom. The Hall–Kier alpha value is -2.60. The van der Waals surface area contributed by atoms with Gasteiger partial charge < -0.3 is 4.90 Å². The first-order chi connectivity index (χ1) is 11.7. The highest BCUT2D eigenvalue weighted by atomic mass is 32.1. The number of carbonyl (C=O) groups excluding carboxylic acids is 1. The van der Waals surface area contributed by atoms with Gasteiger partial charge in [-0.2, -0.15) is 23.4 Å². The highest BCUT2D eigenvalue weighted by molar-refractivity contribution is 7.09. The van der Waals surface area contributed by atoms with E-state index < -0.39 is 17.8 Å². The molecule has 0 atom stereocenters. The van der Waals surface area contributed by atoms with Crippen molar-refractivity contribution in [2.75, 3.05) is 13.6 Å². The minimum absolute atomic E-state index is 0.195. The summed E-state index contributed by atoms with van der Waals surface area (Å²) in [6.07, 6.45) is -2.50. The highest BCUT2D eigenvalue weighted by Gasteiger charge is 2.30. The summed E-state index contributed by atoms with van der Waals surface area (Å²) in [5.41, 5.74) is -0.266. The number of hydrogen-bond acceptors (Lipinski definition) is 3. The summed E-state index contributed by atoms with van der Waals surface area (Å²) < 4.78 is 39.6. The van der Waals surface area contributed by atoms with Gasteiger partial charge in [0, 0.05) is 30.4 Å². The number of hydrogen-bond donors (Lipinski definition) is 0. The van der Waals surface area contributed by atoms with Crippen molar-refractivity contribution < 1.29 is 18.0 Å². The average Bonchev–Trinajstić information content (AvgIpc) is 2.92. The van der Waals surface area contributed by atoms with E-state index in [1.54, 1.807) is 10.8 Å². The number of urea groups is 1. The van der Waals surface area contributed by atoms with E-state index in [2.05, 4.69) is 4.99 Å². The lowest BCUT2D eigenvalue weighted by molar-refractivity contribution is -0.137. The van der Waals surface area contributed by atoms with Crippen molar-refractivity contribution in [3.8, 4) is 11.8 Å². The summed E-state index contributed by atoms with van der Waals surface area (Å²) in [5.74, 6) is 0. The van der Waals surface area contributed by atoms with Gasteiger partial charge in [0.1, 0.15) is 0 Å². The number of thiazole rings is 1. The van der Waals surface area contributed by atoms with Gasteiger partial charge in [-0.25, -0.2) is 4.79 Å². The third-order valence-electron chi connectivity index (χ3n) is 3.32. The van der Waals surface area contributed by atoms with Gasteiger partial charge in [0.05, 0.1) is 18.1 Å². The van der Waals surface area contributed by atoms with E-state index in [4.69, 9.17) is 5.26 Å². The predicted octanol–water partition coefficient (Wildman–Crippen LogP) is 3.73. The van der Waals surface area contributed by atoms with Crippen molar-refractivity contribution in [3.63, 3.8) is 0 Å². The van der Waals surface area contributed by atoms with Crippen molar-refractivity contribution >= 4 is 17.4 Å². The number of benzene rings is 1. The van der Waals surface area contributed by atoms with Crippen LogP contribution in [0, 0.1) is 18.3 Å². The summed E-state index contributed by atoms with van der Waals surface area (Å²) in [7, 11) is 1.53. The molecule has 2 amide bonds. The number of nitriles is 1. The maximum absolute atomic E-state index is 12.7. The molecule has 132 valence electrons. The molecule has 0 N–H and O–H groups in total. The molecule has 0 fully saturated rings. The quantitative estimate of drug-likeness (QED) is 0.829. The molecule has 0 aliphatic carbocycles. The molecule has 1 aromatic carbocycles. The van der Waals surface area contributed by atoms with Crippen LogP contribution in [0.25, 0.3) is 5.69 Å². The fourth-order valence-corrected chi connectivity index (χ4v) is 2.84. The zero-order valence-corrected chi connectivity index (χ0v) is 14.4. The molecule has 0 aliphatic rings. The van der Waals surface area contributed by atoms with Gasteiger partial charge in [0.2, 0.25) is 0 Å². The van der Waals surface area contributed by atoms with Crippen molar-refractivity contribution in [3.05, 3.63) is 45.7 Å². The summed E-state index contributed by atoms with van der Waals surface area (Å²) in [4.78, 5) is 18.6. The molecule has 0 aliphatic heterocycles. The van der Waals surface area contributed by atoms with E-state index in [-0.39, 0.29) is 13.0 Å². The maximum Gasteiger partial charge on any atom is 0.416 e. The van der Waals surface area contributed by atoms with Crippen molar-refractivity contribution in [2.45, 2.75) is 19.5 Å². The number of aryl methyl sites for hydroxylation is 1. The molecule has 2 aromatic rings. The van der Waals surface area contributed by atoms with Gasteiger partial charge in [0.15, 0.2) is 4.80 Å². The van der Waals surface area contributed by atoms with Crippen molar-refractivity contribution in [1.82, 2.24) is 9.47 Å². The number of halogens is 3. The number of rotatable bonds is 3.